The van der Waals surface area contributed by atoms with E-state index in [0.29, 0.717) is 6.61 Å². The molecule has 0 unspecified atom stereocenters. The van der Waals surface area contributed by atoms with E-state index in [4.69, 9.17) is 9.47 Å². The molecular formula is C22H36O2. The quantitative estimate of drug-likeness (QED) is 0.317. The molecule has 1 rings (SSSR count). The van der Waals surface area contributed by atoms with Gasteiger partial charge in [-0.3, -0.25) is 0 Å². The van der Waals surface area contributed by atoms with Gasteiger partial charge in [-0.2, -0.15) is 0 Å². The monoisotopic (exact) mass is 332 g/mol. The fourth-order valence-corrected chi connectivity index (χ4v) is 2.74. The highest BCUT2D eigenvalue weighted by Gasteiger charge is 1.96. The van der Waals surface area contributed by atoms with Crippen LogP contribution in [0.1, 0.15) is 83.1 Å². The molecular weight excluding hydrogens is 296 g/mol. The van der Waals surface area contributed by atoms with Gasteiger partial charge in [-0.15, -0.1) is 0 Å². The molecule has 0 aliphatic rings. The van der Waals surface area contributed by atoms with Gasteiger partial charge in [0.2, 0.25) is 0 Å². The van der Waals surface area contributed by atoms with Crippen molar-refractivity contribution in [3.8, 4) is 5.75 Å². The summed E-state index contributed by atoms with van der Waals surface area (Å²) in [6.45, 7) is 3.71. The Kier molecular flexibility index (Phi) is 13.6. The first-order valence-corrected chi connectivity index (χ1v) is 9.78. The van der Waals surface area contributed by atoms with E-state index in [0.717, 1.165) is 25.2 Å². The molecule has 0 saturated heterocycles. The molecule has 2 heteroatoms. The van der Waals surface area contributed by atoms with Crippen molar-refractivity contribution in [3.63, 3.8) is 0 Å². The van der Waals surface area contributed by atoms with Crippen molar-refractivity contribution in [2.75, 3.05) is 13.7 Å². The van der Waals surface area contributed by atoms with Gasteiger partial charge in [-0.1, -0.05) is 76.8 Å². The predicted octanol–water partition coefficient (Wildman–Crippen LogP) is 6.60. The van der Waals surface area contributed by atoms with Crippen LogP contribution in [0.15, 0.2) is 24.3 Å². The second-order valence-electron chi connectivity index (χ2n) is 6.48. The molecule has 0 bridgehead atoms. The maximum absolute atomic E-state index is 5.68. The molecule has 24 heavy (non-hydrogen) atoms. The normalized spacial score (nSPS) is 10.9. The van der Waals surface area contributed by atoms with Crippen LogP contribution in [0.2, 0.25) is 0 Å². The largest absolute Gasteiger partial charge is 0.497 e. The number of benzene rings is 1. The van der Waals surface area contributed by atoms with Crippen LogP contribution in [0.25, 0.3) is 0 Å². The van der Waals surface area contributed by atoms with E-state index in [2.05, 4.69) is 25.5 Å². The average molecular weight is 333 g/mol. The zero-order valence-electron chi connectivity index (χ0n) is 15.8. The molecule has 0 heterocycles. The van der Waals surface area contributed by atoms with Crippen LogP contribution in [0.4, 0.5) is 0 Å². The first kappa shape index (κ1) is 21.0. The molecule has 0 aliphatic heterocycles. The standard InChI is InChI=1S/C22H36O2/c1-3-4-5-6-7-8-9-10-11-12-13-14-19-24-20-21-15-17-22(23-2)18-16-21/h15-18H,3-12,14,19-20H2,1-2H3. The summed E-state index contributed by atoms with van der Waals surface area (Å²) in [5.41, 5.74) is 1.19. The SMILES string of the molecule is CCCCCCCCCCC[C]CCOCc1ccc(OC)cc1. The zero-order chi connectivity index (χ0) is 17.3. The van der Waals surface area contributed by atoms with E-state index < -0.39 is 0 Å². The number of hydrogen-bond acceptors (Lipinski definition) is 2. The van der Waals surface area contributed by atoms with E-state index in [1.165, 1.54) is 63.4 Å². The first-order chi connectivity index (χ1) is 11.9. The van der Waals surface area contributed by atoms with E-state index in [-0.39, 0.29) is 0 Å². The van der Waals surface area contributed by atoms with Crippen molar-refractivity contribution >= 4 is 0 Å². The molecule has 0 saturated carbocycles. The van der Waals surface area contributed by atoms with E-state index >= 15 is 0 Å². The van der Waals surface area contributed by atoms with Crippen LogP contribution >= 0.6 is 0 Å². The topological polar surface area (TPSA) is 18.5 Å². The fraction of sp³-hybridized carbons (Fsp3) is 0.682. The van der Waals surface area contributed by atoms with Gasteiger partial charge in [0.1, 0.15) is 5.75 Å². The van der Waals surface area contributed by atoms with Crippen LogP contribution < -0.4 is 4.74 Å². The molecule has 0 atom stereocenters. The van der Waals surface area contributed by atoms with Gasteiger partial charge in [0.15, 0.2) is 0 Å². The van der Waals surface area contributed by atoms with Crippen molar-refractivity contribution in [1.82, 2.24) is 0 Å². The summed E-state index contributed by atoms with van der Waals surface area (Å²) in [6.07, 6.45) is 18.0. The third kappa shape index (κ3) is 11.5. The molecule has 2 radical (unpaired) electrons. The summed E-state index contributed by atoms with van der Waals surface area (Å²) in [4.78, 5) is 0. The maximum atomic E-state index is 5.68. The molecule has 1 aromatic rings. The van der Waals surface area contributed by atoms with Gasteiger partial charge in [0.05, 0.1) is 13.7 Å². The summed E-state index contributed by atoms with van der Waals surface area (Å²) in [5, 5.41) is 0. The van der Waals surface area contributed by atoms with Gasteiger partial charge in [0.25, 0.3) is 0 Å². The lowest BCUT2D eigenvalue weighted by Crippen LogP contribution is -1.96. The van der Waals surface area contributed by atoms with Crippen molar-refractivity contribution in [3.05, 3.63) is 36.2 Å². The Labute approximate surface area is 149 Å². The number of ether oxygens (including phenoxy) is 2. The summed E-state index contributed by atoms with van der Waals surface area (Å²) < 4.78 is 10.8. The predicted molar refractivity (Wildman–Crippen MR) is 102 cm³/mol. The molecule has 136 valence electrons. The molecule has 0 N–H and O–H groups in total. The van der Waals surface area contributed by atoms with Gasteiger partial charge in [-0.05, 0) is 37.0 Å². The van der Waals surface area contributed by atoms with Gasteiger partial charge < -0.3 is 9.47 Å². The Morgan fingerprint density at radius 1 is 0.792 bits per heavy atom. The van der Waals surface area contributed by atoms with Crippen molar-refractivity contribution < 1.29 is 9.47 Å². The highest BCUT2D eigenvalue weighted by molar-refractivity contribution is 5.26. The van der Waals surface area contributed by atoms with Gasteiger partial charge in [0, 0.05) is 6.61 Å². The maximum Gasteiger partial charge on any atom is 0.118 e. The Balaban J connectivity index is 1.80. The van der Waals surface area contributed by atoms with Gasteiger partial charge in [-0.25, -0.2) is 0 Å². The Bertz CT molecular complexity index is 372. The smallest absolute Gasteiger partial charge is 0.118 e. The molecule has 0 aromatic heterocycles. The van der Waals surface area contributed by atoms with E-state index in [9.17, 15) is 0 Å². The number of unbranched alkanes of at least 4 members (excludes halogenated alkanes) is 11. The van der Waals surface area contributed by atoms with Crippen molar-refractivity contribution in [2.45, 2.75) is 84.2 Å². The lowest BCUT2D eigenvalue weighted by Gasteiger charge is -2.05. The Morgan fingerprint density at radius 2 is 1.42 bits per heavy atom. The van der Waals surface area contributed by atoms with E-state index in [1.807, 2.05) is 12.1 Å². The Hall–Kier alpha value is -1.02. The van der Waals surface area contributed by atoms with Crippen molar-refractivity contribution in [1.29, 1.82) is 0 Å². The minimum atomic E-state index is 0.670. The lowest BCUT2D eigenvalue weighted by atomic mass is 10.1. The summed E-state index contributed by atoms with van der Waals surface area (Å²) in [7, 11) is 1.69. The number of rotatable bonds is 16. The van der Waals surface area contributed by atoms with Crippen LogP contribution in [0.5, 0.6) is 5.75 Å². The summed E-state index contributed by atoms with van der Waals surface area (Å²) in [5.74, 6) is 0.890. The molecule has 2 nitrogen and oxygen atoms in total. The molecule has 0 spiro atoms. The second-order valence-corrected chi connectivity index (χ2v) is 6.48. The molecule has 1 aromatic carbocycles. The molecule has 0 amide bonds. The number of methoxy groups -OCH3 is 1. The third-order valence-electron chi connectivity index (χ3n) is 4.31. The minimum absolute atomic E-state index is 0.670. The zero-order valence-corrected chi connectivity index (χ0v) is 15.8. The molecule has 0 aliphatic carbocycles. The van der Waals surface area contributed by atoms with E-state index in [1.54, 1.807) is 7.11 Å². The second kappa shape index (κ2) is 15.5. The van der Waals surface area contributed by atoms with Crippen LogP contribution in [-0.4, -0.2) is 13.7 Å². The first-order valence-electron chi connectivity index (χ1n) is 9.78. The minimum Gasteiger partial charge on any atom is -0.497 e. The highest BCUT2D eigenvalue weighted by Crippen LogP contribution is 2.13. The van der Waals surface area contributed by atoms with Crippen LogP contribution in [0, 0.1) is 6.42 Å². The van der Waals surface area contributed by atoms with Crippen molar-refractivity contribution in [2.24, 2.45) is 0 Å². The Morgan fingerprint density at radius 3 is 2.04 bits per heavy atom. The summed E-state index contributed by atoms with van der Waals surface area (Å²) in [6, 6.07) is 8.05. The third-order valence-corrected chi connectivity index (χ3v) is 4.31. The summed E-state index contributed by atoms with van der Waals surface area (Å²) >= 11 is 0. The average Bonchev–Trinajstić information content (AvgIpc) is 2.62. The fourth-order valence-electron chi connectivity index (χ4n) is 2.74. The molecule has 0 fully saturated rings. The van der Waals surface area contributed by atoms with Crippen LogP contribution in [0.3, 0.4) is 0 Å². The van der Waals surface area contributed by atoms with Gasteiger partial charge >= 0.3 is 0 Å². The lowest BCUT2D eigenvalue weighted by molar-refractivity contribution is 0.122. The number of hydrogen-bond donors (Lipinski definition) is 0. The highest BCUT2D eigenvalue weighted by atomic mass is 16.5. The van der Waals surface area contributed by atoms with Crippen LogP contribution in [-0.2, 0) is 11.3 Å².